The molecule has 1 aliphatic rings. The van der Waals surface area contributed by atoms with Crippen LogP contribution in [0.1, 0.15) is 5.01 Å². The number of rotatable bonds is 2. The van der Waals surface area contributed by atoms with Crippen molar-refractivity contribution >= 4 is 28.1 Å². The summed E-state index contributed by atoms with van der Waals surface area (Å²) in [6, 6.07) is 7.41. The van der Waals surface area contributed by atoms with Crippen molar-refractivity contribution < 1.29 is 9.53 Å². The molecule has 0 radical (unpaired) electrons. The second kappa shape index (κ2) is 4.26. The van der Waals surface area contributed by atoms with Gasteiger partial charge in [0.05, 0.1) is 12.2 Å². The first-order chi connectivity index (χ1) is 8.74. The minimum absolute atomic E-state index is 0.0469. The number of anilines is 2. The normalized spacial score (nSPS) is 14.2. The molecule has 1 aromatic carbocycles. The van der Waals surface area contributed by atoms with Crippen LogP contribution in [0.5, 0.6) is 5.75 Å². The van der Waals surface area contributed by atoms with E-state index in [0.29, 0.717) is 22.4 Å². The fraction of sp³-hybridized carbons (Fsp3) is 0.182. The highest BCUT2D eigenvalue weighted by molar-refractivity contribution is 7.15. The SMILES string of the molecule is Nc1nnc(CN2C(=O)COc3ccccc32)s1. The Morgan fingerprint density at radius 3 is 3.00 bits per heavy atom. The molecule has 1 amide bonds. The van der Waals surface area contributed by atoms with Crippen LogP contribution in [0.3, 0.4) is 0 Å². The molecule has 0 aliphatic carbocycles. The van der Waals surface area contributed by atoms with Gasteiger partial charge in [0, 0.05) is 0 Å². The van der Waals surface area contributed by atoms with Crippen molar-refractivity contribution in [1.82, 2.24) is 10.2 Å². The number of hydrogen-bond donors (Lipinski definition) is 1. The molecule has 1 aromatic heterocycles. The van der Waals surface area contributed by atoms with Gasteiger partial charge in [0.2, 0.25) is 5.13 Å². The summed E-state index contributed by atoms with van der Waals surface area (Å²) < 4.78 is 5.36. The summed E-state index contributed by atoms with van der Waals surface area (Å²) in [5.74, 6) is 0.608. The Balaban J connectivity index is 1.93. The lowest BCUT2D eigenvalue weighted by molar-refractivity contribution is -0.121. The minimum Gasteiger partial charge on any atom is -0.482 e. The van der Waals surface area contributed by atoms with E-state index in [9.17, 15) is 4.79 Å². The molecule has 1 aliphatic heterocycles. The van der Waals surface area contributed by atoms with Gasteiger partial charge in [0.1, 0.15) is 10.8 Å². The Bertz CT molecular complexity index is 598. The highest BCUT2D eigenvalue weighted by Crippen LogP contribution is 2.32. The molecule has 0 fully saturated rings. The summed E-state index contributed by atoms with van der Waals surface area (Å²) in [4.78, 5) is 13.5. The molecule has 2 aromatic rings. The van der Waals surface area contributed by atoms with Gasteiger partial charge >= 0.3 is 0 Å². The van der Waals surface area contributed by atoms with Crippen LogP contribution >= 0.6 is 11.3 Å². The zero-order chi connectivity index (χ0) is 12.5. The van der Waals surface area contributed by atoms with E-state index in [-0.39, 0.29) is 12.5 Å². The Morgan fingerprint density at radius 1 is 1.39 bits per heavy atom. The summed E-state index contributed by atoms with van der Waals surface area (Å²) >= 11 is 1.28. The Hall–Kier alpha value is -2.15. The smallest absolute Gasteiger partial charge is 0.265 e. The average Bonchev–Trinajstić information content (AvgIpc) is 2.79. The number of nitrogens with two attached hydrogens (primary N) is 1. The number of nitrogen functional groups attached to an aromatic ring is 1. The third-order valence-electron chi connectivity index (χ3n) is 2.58. The number of hydrogen-bond acceptors (Lipinski definition) is 6. The number of aromatic nitrogens is 2. The van der Waals surface area contributed by atoms with Crippen molar-refractivity contribution in [1.29, 1.82) is 0 Å². The van der Waals surface area contributed by atoms with Gasteiger partial charge in [-0.05, 0) is 12.1 Å². The molecule has 3 rings (SSSR count). The number of benzene rings is 1. The molecule has 0 bridgehead atoms. The molecule has 0 atom stereocenters. The molecule has 92 valence electrons. The molecule has 2 N–H and O–H groups in total. The van der Waals surface area contributed by atoms with Crippen molar-refractivity contribution in [2.75, 3.05) is 17.2 Å². The van der Waals surface area contributed by atoms with E-state index in [2.05, 4.69) is 10.2 Å². The number of ether oxygens (including phenoxy) is 1. The fourth-order valence-electron chi connectivity index (χ4n) is 1.79. The van der Waals surface area contributed by atoms with E-state index in [4.69, 9.17) is 10.5 Å². The van der Waals surface area contributed by atoms with Gasteiger partial charge in [-0.25, -0.2) is 0 Å². The number of carbonyl (C=O) groups excluding carboxylic acids is 1. The molecule has 7 heteroatoms. The van der Waals surface area contributed by atoms with Crippen molar-refractivity contribution in [3.05, 3.63) is 29.3 Å². The summed E-state index contributed by atoms with van der Waals surface area (Å²) in [6.45, 7) is 0.416. The number of para-hydroxylation sites is 2. The van der Waals surface area contributed by atoms with Crippen molar-refractivity contribution in [3.8, 4) is 5.75 Å². The lowest BCUT2D eigenvalue weighted by Gasteiger charge is -2.28. The van der Waals surface area contributed by atoms with E-state index < -0.39 is 0 Å². The zero-order valence-electron chi connectivity index (χ0n) is 9.37. The van der Waals surface area contributed by atoms with Gasteiger partial charge in [-0.1, -0.05) is 23.5 Å². The molecule has 18 heavy (non-hydrogen) atoms. The predicted molar refractivity (Wildman–Crippen MR) is 67.4 cm³/mol. The summed E-state index contributed by atoms with van der Waals surface area (Å²) in [5, 5.41) is 8.77. The second-order valence-electron chi connectivity index (χ2n) is 3.77. The van der Waals surface area contributed by atoms with Crippen LogP contribution in [0.4, 0.5) is 10.8 Å². The van der Waals surface area contributed by atoms with Crippen LogP contribution in [0.25, 0.3) is 0 Å². The molecule has 6 nitrogen and oxygen atoms in total. The van der Waals surface area contributed by atoms with Gasteiger partial charge in [-0.15, -0.1) is 10.2 Å². The molecule has 0 unspecified atom stereocenters. The Labute approximate surface area is 107 Å². The Kier molecular flexibility index (Phi) is 2.60. The maximum Gasteiger partial charge on any atom is 0.265 e. The third kappa shape index (κ3) is 1.88. The maximum absolute atomic E-state index is 11.9. The van der Waals surface area contributed by atoms with Crippen LogP contribution in [0, 0.1) is 0 Å². The molecule has 2 heterocycles. The van der Waals surface area contributed by atoms with E-state index in [0.717, 1.165) is 5.69 Å². The Morgan fingerprint density at radius 2 is 2.22 bits per heavy atom. The minimum atomic E-state index is -0.0949. The lowest BCUT2D eigenvalue weighted by Crippen LogP contribution is -2.38. The predicted octanol–water partition coefficient (Wildman–Crippen LogP) is 1.05. The molecule has 0 spiro atoms. The van der Waals surface area contributed by atoms with Crippen LogP contribution in [-0.4, -0.2) is 22.7 Å². The van der Waals surface area contributed by atoms with E-state index in [1.165, 1.54) is 11.3 Å². The second-order valence-corrected chi connectivity index (χ2v) is 4.86. The van der Waals surface area contributed by atoms with Crippen molar-refractivity contribution in [2.45, 2.75) is 6.54 Å². The summed E-state index contributed by atoms with van der Waals surface area (Å²) in [5.41, 5.74) is 6.28. The number of amides is 1. The van der Waals surface area contributed by atoms with Gasteiger partial charge in [-0.2, -0.15) is 0 Å². The number of carbonyl (C=O) groups is 1. The van der Waals surface area contributed by atoms with Crippen LogP contribution < -0.4 is 15.4 Å². The monoisotopic (exact) mass is 262 g/mol. The highest BCUT2D eigenvalue weighted by Gasteiger charge is 2.26. The number of nitrogens with zero attached hydrogens (tertiary/aromatic N) is 3. The van der Waals surface area contributed by atoms with Crippen molar-refractivity contribution in [3.63, 3.8) is 0 Å². The highest BCUT2D eigenvalue weighted by atomic mass is 32.1. The van der Waals surface area contributed by atoms with Crippen molar-refractivity contribution in [2.24, 2.45) is 0 Å². The first-order valence-corrected chi connectivity index (χ1v) is 6.16. The fourth-order valence-corrected chi connectivity index (χ4v) is 2.39. The van der Waals surface area contributed by atoms with E-state index >= 15 is 0 Å². The standard InChI is InChI=1S/C11H10N4O2S/c12-11-14-13-9(18-11)5-15-7-3-1-2-4-8(7)17-6-10(15)16/h1-4H,5-6H2,(H2,12,14). The van der Waals surface area contributed by atoms with E-state index in [1.807, 2.05) is 24.3 Å². The largest absolute Gasteiger partial charge is 0.482 e. The molecule has 0 saturated carbocycles. The van der Waals surface area contributed by atoms with Gasteiger partial charge in [-0.3, -0.25) is 9.69 Å². The van der Waals surface area contributed by atoms with Gasteiger partial charge in [0.15, 0.2) is 6.61 Å². The molecular formula is C11H10N4O2S. The zero-order valence-corrected chi connectivity index (χ0v) is 10.2. The first-order valence-electron chi connectivity index (χ1n) is 5.34. The van der Waals surface area contributed by atoms with E-state index in [1.54, 1.807) is 4.90 Å². The lowest BCUT2D eigenvalue weighted by atomic mass is 10.2. The maximum atomic E-state index is 11.9. The molecule has 0 saturated heterocycles. The van der Waals surface area contributed by atoms with Gasteiger partial charge in [0.25, 0.3) is 5.91 Å². The van der Waals surface area contributed by atoms with Crippen LogP contribution in [0.2, 0.25) is 0 Å². The summed E-state index contributed by atoms with van der Waals surface area (Å²) in [6.07, 6.45) is 0. The quantitative estimate of drug-likeness (QED) is 0.874. The third-order valence-corrected chi connectivity index (χ3v) is 3.32. The summed E-state index contributed by atoms with van der Waals surface area (Å²) in [7, 11) is 0. The van der Waals surface area contributed by atoms with Gasteiger partial charge < -0.3 is 10.5 Å². The number of fused-ring (bicyclic) bond motifs is 1. The van der Waals surface area contributed by atoms with Crippen LogP contribution in [-0.2, 0) is 11.3 Å². The average molecular weight is 262 g/mol. The molecular weight excluding hydrogens is 252 g/mol. The van der Waals surface area contributed by atoms with Crippen LogP contribution in [0.15, 0.2) is 24.3 Å². The topological polar surface area (TPSA) is 81.3 Å². The first kappa shape index (κ1) is 11.0.